The van der Waals surface area contributed by atoms with Gasteiger partial charge in [-0.2, -0.15) is 0 Å². The van der Waals surface area contributed by atoms with E-state index < -0.39 is 12.1 Å². The number of aliphatic hydroxyl groups is 2. The average molecular weight is 1180 g/mol. The van der Waals surface area contributed by atoms with E-state index in [-0.39, 0.29) is 18.5 Å². The van der Waals surface area contributed by atoms with Crippen LogP contribution in [-0.2, 0) is 14.3 Å². The fraction of sp³-hybridized carbons (Fsp3) is 0.923. The van der Waals surface area contributed by atoms with E-state index in [0.717, 1.165) is 51.4 Å². The minimum absolute atomic E-state index is 0.0112. The summed E-state index contributed by atoms with van der Waals surface area (Å²) in [4.78, 5) is 24.6. The molecule has 0 aromatic carbocycles. The number of allylic oxidation sites excluding steroid dienone is 4. The van der Waals surface area contributed by atoms with Crippen LogP contribution < -0.4 is 5.32 Å². The normalized spacial score (nSPS) is 12.6. The van der Waals surface area contributed by atoms with Crippen LogP contribution in [0.2, 0.25) is 0 Å². The van der Waals surface area contributed by atoms with Crippen LogP contribution in [0.3, 0.4) is 0 Å². The largest absolute Gasteiger partial charge is 0.466 e. The highest BCUT2D eigenvalue weighted by Crippen LogP contribution is 2.20. The second-order valence-corrected chi connectivity index (χ2v) is 26.7. The van der Waals surface area contributed by atoms with E-state index in [9.17, 15) is 19.8 Å². The molecule has 0 heterocycles. The first kappa shape index (κ1) is 82.3. The minimum atomic E-state index is -0.658. The third-order valence-corrected chi connectivity index (χ3v) is 18.3. The van der Waals surface area contributed by atoms with E-state index in [0.29, 0.717) is 25.9 Å². The van der Waals surface area contributed by atoms with Crippen molar-refractivity contribution < 1.29 is 24.5 Å². The predicted octanol–water partition coefficient (Wildman–Crippen LogP) is 25.3. The highest BCUT2D eigenvalue weighted by Gasteiger charge is 2.20. The van der Waals surface area contributed by atoms with Crippen molar-refractivity contribution in [2.24, 2.45) is 0 Å². The Kier molecular flexibility index (Phi) is 72.3. The van der Waals surface area contributed by atoms with Crippen LogP contribution >= 0.6 is 0 Å². The van der Waals surface area contributed by atoms with Crippen molar-refractivity contribution in [3.63, 3.8) is 0 Å². The van der Waals surface area contributed by atoms with Gasteiger partial charge in [0.15, 0.2) is 0 Å². The number of amides is 1. The number of unbranched alkanes of at least 4 members (excludes halogenated alkanes) is 58. The third kappa shape index (κ3) is 69.4. The molecule has 1 amide bonds. The summed E-state index contributed by atoms with van der Waals surface area (Å²) >= 11 is 0. The number of ether oxygens (including phenoxy) is 1. The maximum Gasteiger partial charge on any atom is 0.305 e. The van der Waals surface area contributed by atoms with Gasteiger partial charge in [0.2, 0.25) is 5.91 Å². The number of aliphatic hydroxyl groups excluding tert-OH is 2. The maximum absolute atomic E-state index is 12.5. The van der Waals surface area contributed by atoms with Gasteiger partial charge in [-0.05, 0) is 57.8 Å². The molecular formula is C78H151NO5. The summed E-state index contributed by atoms with van der Waals surface area (Å²) in [6, 6.07) is -0.535. The summed E-state index contributed by atoms with van der Waals surface area (Å²) in [5, 5.41) is 23.3. The summed E-state index contributed by atoms with van der Waals surface area (Å²) < 4.78 is 5.50. The molecule has 84 heavy (non-hydrogen) atoms. The number of carbonyl (C=O) groups is 2. The summed E-state index contributed by atoms with van der Waals surface area (Å²) in [5.74, 6) is -0.0157. The molecule has 0 rings (SSSR count). The fourth-order valence-corrected chi connectivity index (χ4v) is 12.4. The number of rotatable bonds is 73. The lowest BCUT2D eigenvalue weighted by Gasteiger charge is -2.22. The summed E-state index contributed by atoms with van der Waals surface area (Å²) in [6.07, 6.45) is 94.2. The van der Waals surface area contributed by atoms with E-state index in [1.54, 1.807) is 0 Å². The van der Waals surface area contributed by atoms with Crippen LogP contribution in [0, 0.1) is 0 Å². The molecular weight excluding hydrogens is 1030 g/mol. The summed E-state index contributed by atoms with van der Waals surface area (Å²) in [7, 11) is 0. The molecule has 0 fully saturated rings. The molecule has 498 valence electrons. The molecule has 0 saturated heterocycles. The lowest BCUT2D eigenvalue weighted by molar-refractivity contribution is -0.143. The molecule has 0 aliphatic rings. The third-order valence-electron chi connectivity index (χ3n) is 18.3. The molecule has 0 aliphatic carbocycles. The summed E-state index contributed by atoms with van der Waals surface area (Å²) in [5.41, 5.74) is 0. The highest BCUT2D eigenvalue weighted by atomic mass is 16.5. The second kappa shape index (κ2) is 73.8. The van der Waals surface area contributed by atoms with Crippen molar-refractivity contribution in [1.29, 1.82) is 0 Å². The van der Waals surface area contributed by atoms with Gasteiger partial charge >= 0.3 is 5.97 Å². The first-order chi connectivity index (χ1) is 41.5. The Balaban J connectivity index is 3.27. The number of hydrogen-bond donors (Lipinski definition) is 3. The van der Waals surface area contributed by atoms with Gasteiger partial charge in [0.1, 0.15) is 0 Å². The molecule has 0 spiro atoms. The van der Waals surface area contributed by atoms with E-state index >= 15 is 0 Å². The Morgan fingerprint density at radius 1 is 0.333 bits per heavy atom. The van der Waals surface area contributed by atoms with Crippen molar-refractivity contribution in [2.75, 3.05) is 13.2 Å². The number of nitrogens with one attached hydrogen (secondary N) is 1. The predicted molar refractivity (Wildman–Crippen MR) is 370 cm³/mol. The van der Waals surface area contributed by atoms with Crippen LogP contribution in [0.5, 0.6) is 0 Å². The molecule has 0 aromatic heterocycles. The zero-order valence-electron chi connectivity index (χ0n) is 57.2. The van der Waals surface area contributed by atoms with Crippen molar-refractivity contribution in [3.05, 3.63) is 24.3 Å². The Morgan fingerprint density at radius 2 is 0.595 bits per heavy atom. The van der Waals surface area contributed by atoms with E-state index in [4.69, 9.17) is 4.74 Å². The van der Waals surface area contributed by atoms with Gasteiger partial charge in [-0.25, -0.2) is 0 Å². The van der Waals surface area contributed by atoms with Gasteiger partial charge in [0.25, 0.3) is 0 Å². The minimum Gasteiger partial charge on any atom is -0.466 e. The molecule has 0 saturated carbocycles. The molecule has 3 N–H and O–H groups in total. The molecule has 2 atom stereocenters. The SMILES string of the molecule is CCCCCC/C=C\C/C=C\CCCCCCCC(=O)OCCCCCCCCCCCCCCCCCCCCCCCCCCCCCCCCCCCCCCCCCC(=O)NC(CO)C(O)CCCCCCCCCCCCCC. The number of esters is 1. The smallest absolute Gasteiger partial charge is 0.305 e. The first-order valence-corrected chi connectivity index (χ1v) is 38.6. The maximum atomic E-state index is 12.5. The Hall–Kier alpha value is -1.66. The van der Waals surface area contributed by atoms with Crippen molar-refractivity contribution in [3.8, 4) is 0 Å². The van der Waals surface area contributed by atoms with Gasteiger partial charge in [0.05, 0.1) is 25.4 Å². The van der Waals surface area contributed by atoms with Gasteiger partial charge in [0, 0.05) is 12.8 Å². The zero-order chi connectivity index (χ0) is 60.6. The van der Waals surface area contributed by atoms with E-state index in [1.165, 1.54) is 353 Å². The Labute approximate surface area is 526 Å². The summed E-state index contributed by atoms with van der Waals surface area (Å²) in [6.45, 7) is 4.96. The quantitative estimate of drug-likeness (QED) is 0.0320. The first-order valence-electron chi connectivity index (χ1n) is 38.6. The van der Waals surface area contributed by atoms with Crippen LogP contribution in [0.25, 0.3) is 0 Å². The molecule has 6 nitrogen and oxygen atoms in total. The highest BCUT2D eigenvalue weighted by molar-refractivity contribution is 5.76. The molecule has 0 aromatic rings. The Morgan fingerprint density at radius 3 is 0.917 bits per heavy atom. The standard InChI is InChI=1S/C78H151NO5/c1-3-5-7-9-11-13-15-17-18-45-48-52-56-60-64-68-72-78(83)84-73-69-65-61-57-53-49-46-43-41-39-37-35-33-31-29-27-25-23-21-19-20-22-24-26-28-30-32-34-36-38-40-42-44-47-51-55-59-63-67-71-77(82)79-75(74-80)76(81)70-66-62-58-54-50-16-14-12-10-8-6-4-2/h13,15,18,45,75-76,80-81H,3-12,14,16-17,19-44,46-74H2,1-2H3,(H,79,82)/b15-13-,45-18-. The van der Waals surface area contributed by atoms with Crippen molar-refractivity contribution in [1.82, 2.24) is 5.32 Å². The number of carbonyl (C=O) groups excluding carboxylic acids is 2. The fourth-order valence-electron chi connectivity index (χ4n) is 12.4. The van der Waals surface area contributed by atoms with Crippen molar-refractivity contribution >= 4 is 11.9 Å². The van der Waals surface area contributed by atoms with Gasteiger partial charge in [-0.1, -0.05) is 391 Å². The van der Waals surface area contributed by atoms with E-state index in [1.807, 2.05) is 0 Å². The van der Waals surface area contributed by atoms with Gasteiger partial charge < -0.3 is 20.3 Å². The number of hydrogen-bond acceptors (Lipinski definition) is 5. The van der Waals surface area contributed by atoms with Crippen molar-refractivity contribution in [2.45, 2.75) is 450 Å². The molecule has 6 heteroatoms. The lowest BCUT2D eigenvalue weighted by atomic mass is 10.0. The van der Waals surface area contributed by atoms with Gasteiger partial charge in [-0.15, -0.1) is 0 Å². The molecule has 0 bridgehead atoms. The molecule has 2 unspecified atom stereocenters. The molecule has 0 aliphatic heterocycles. The molecule has 0 radical (unpaired) electrons. The van der Waals surface area contributed by atoms with Crippen LogP contribution in [0.1, 0.15) is 438 Å². The van der Waals surface area contributed by atoms with Crippen LogP contribution in [0.4, 0.5) is 0 Å². The van der Waals surface area contributed by atoms with Crippen LogP contribution in [-0.4, -0.2) is 47.4 Å². The zero-order valence-corrected chi connectivity index (χ0v) is 57.2. The van der Waals surface area contributed by atoms with Gasteiger partial charge in [-0.3, -0.25) is 9.59 Å². The average Bonchev–Trinajstić information content (AvgIpc) is 3.50. The monoisotopic (exact) mass is 1180 g/mol. The van der Waals surface area contributed by atoms with Crippen LogP contribution in [0.15, 0.2) is 24.3 Å². The van der Waals surface area contributed by atoms with E-state index in [2.05, 4.69) is 43.5 Å². The Bertz CT molecular complexity index is 1320. The second-order valence-electron chi connectivity index (χ2n) is 26.7. The lowest BCUT2D eigenvalue weighted by Crippen LogP contribution is -2.45. The topological polar surface area (TPSA) is 95.9 Å².